The van der Waals surface area contributed by atoms with Crippen LogP contribution < -0.4 is 10.0 Å². The predicted octanol–water partition coefficient (Wildman–Crippen LogP) is 1.65. The van der Waals surface area contributed by atoms with Crippen molar-refractivity contribution in [1.29, 1.82) is 0 Å². The smallest absolute Gasteiger partial charge is 0.303 e. The molecular weight excluding hydrogens is 280 g/mol. The SMILES string of the molecule is CC(C)NS(=O)(=O)c1ccc(NCCCC(=O)O)cc1. The maximum absolute atomic E-state index is 11.9. The van der Waals surface area contributed by atoms with E-state index in [2.05, 4.69) is 10.0 Å². The zero-order valence-electron chi connectivity index (χ0n) is 11.6. The van der Waals surface area contributed by atoms with Gasteiger partial charge in [-0.25, -0.2) is 13.1 Å². The fourth-order valence-corrected chi connectivity index (χ4v) is 2.85. The van der Waals surface area contributed by atoms with Crippen molar-refractivity contribution in [2.24, 2.45) is 0 Å². The molecule has 3 N–H and O–H groups in total. The topological polar surface area (TPSA) is 95.5 Å². The summed E-state index contributed by atoms with van der Waals surface area (Å²) < 4.78 is 26.3. The molecule has 0 saturated heterocycles. The molecule has 0 spiro atoms. The van der Waals surface area contributed by atoms with E-state index >= 15 is 0 Å². The number of hydrogen-bond acceptors (Lipinski definition) is 4. The Balaban J connectivity index is 2.58. The number of carboxylic acid groups (broad SMARTS) is 1. The first kappa shape index (κ1) is 16.5. The Kier molecular flexibility index (Phi) is 5.97. The van der Waals surface area contributed by atoms with E-state index < -0.39 is 16.0 Å². The highest BCUT2D eigenvalue weighted by atomic mass is 32.2. The summed E-state index contributed by atoms with van der Waals surface area (Å²) in [5, 5.41) is 11.5. The second-order valence-corrected chi connectivity index (χ2v) is 6.44. The summed E-state index contributed by atoms with van der Waals surface area (Å²) in [6, 6.07) is 6.20. The number of carboxylic acids is 1. The van der Waals surface area contributed by atoms with Gasteiger partial charge >= 0.3 is 5.97 Å². The lowest BCUT2D eigenvalue weighted by atomic mass is 10.3. The number of hydrogen-bond donors (Lipinski definition) is 3. The highest BCUT2D eigenvalue weighted by Crippen LogP contribution is 2.14. The first-order valence-electron chi connectivity index (χ1n) is 6.39. The van der Waals surface area contributed by atoms with Crippen molar-refractivity contribution in [3.8, 4) is 0 Å². The lowest BCUT2D eigenvalue weighted by Gasteiger charge is -2.10. The molecule has 1 rings (SSSR count). The summed E-state index contributed by atoms with van der Waals surface area (Å²) in [6.45, 7) is 4.05. The van der Waals surface area contributed by atoms with Crippen molar-refractivity contribution >= 4 is 21.7 Å². The Labute approximate surface area is 119 Å². The van der Waals surface area contributed by atoms with Gasteiger partial charge in [-0.3, -0.25) is 4.79 Å². The molecule has 0 radical (unpaired) electrons. The molecule has 6 nitrogen and oxygen atoms in total. The molecule has 0 bridgehead atoms. The summed E-state index contributed by atoms with van der Waals surface area (Å²) in [6.07, 6.45) is 0.627. The van der Waals surface area contributed by atoms with Crippen LogP contribution in [0.25, 0.3) is 0 Å². The Bertz CT molecular complexity index is 538. The molecule has 0 saturated carbocycles. The Hall–Kier alpha value is -1.60. The number of nitrogens with one attached hydrogen (secondary N) is 2. The third-order valence-electron chi connectivity index (χ3n) is 2.45. The first-order chi connectivity index (χ1) is 9.31. The molecule has 1 aromatic carbocycles. The second kappa shape index (κ2) is 7.25. The van der Waals surface area contributed by atoms with Crippen LogP contribution in [0.4, 0.5) is 5.69 Å². The number of anilines is 1. The van der Waals surface area contributed by atoms with Gasteiger partial charge in [-0.15, -0.1) is 0 Å². The van der Waals surface area contributed by atoms with Crippen molar-refractivity contribution in [3.05, 3.63) is 24.3 Å². The lowest BCUT2D eigenvalue weighted by Crippen LogP contribution is -2.30. The summed E-state index contributed by atoms with van der Waals surface area (Å²) in [5.74, 6) is -0.826. The van der Waals surface area contributed by atoms with Gasteiger partial charge in [0.25, 0.3) is 0 Å². The number of rotatable bonds is 8. The van der Waals surface area contributed by atoms with Crippen LogP contribution in [0.1, 0.15) is 26.7 Å². The average molecular weight is 300 g/mol. The zero-order valence-corrected chi connectivity index (χ0v) is 12.4. The molecule has 20 heavy (non-hydrogen) atoms. The Morgan fingerprint density at radius 3 is 2.35 bits per heavy atom. The average Bonchev–Trinajstić information content (AvgIpc) is 2.33. The summed E-state index contributed by atoms with van der Waals surface area (Å²) in [5.41, 5.74) is 0.763. The van der Waals surface area contributed by atoms with E-state index in [1.807, 2.05) is 0 Å². The second-order valence-electron chi connectivity index (χ2n) is 4.72. The highest BCUT2D eigenvalue weighted by Gasteiger charge is 2.14. The summed E-state index contributed by atoms with van der Waals surface area (Å²) >= 11 is 0. The molecule has 7 heteroatoms. The summed E-state index contributed by atoms with van der Waals surface area (Å²) in [4.78, 5) is 10.6. The molecule has 0 atom stereocenters. The Morgan fingerprint density at radius 2 is 1.85 bits per heavy atom. The molecule has 1 aromatic rings. The molecule has 0 aromatic heterocycles. The van der Waals surface area contributed by atoms with Gasteiger partial charge in [0.05, 0.1) is 4.90 Å². The third-order valence-corrected chi connectivity index (χ3v) is 4.13. The minimum atomic E-state index is -3.47. The van der Waals surface area contributed by atoms with Crippen LogP contribution in [0.5, 0.6) is 0 Å². The largest absolute Gasteiger partial charge is 0.481 e. The number of benzene rings is 1. The van der Waals surface area contributed by atoms with Gasteiger partial charge in [-0.1, -0.05) is 0 Å². The van der Waals surface area contributed by atoms with E-state index in [1.165, 1.54) is 12.1 Å². The van der Waals surface area contributed by atoms with Gasteiger partial charge < -0.3 is 10.4 Å². The molecule has 112 valence electrons. The molecule has 0 aliphatic carbocycles. The Morgan fingerprint density at radius 1 is 1.25 bits per heavy atom. The van der Waals surface area contributed by atoms with Gasteiger partial charge in [-0.2, -0.15) is 0 Å². The quantitative estimate of drug-likeness (QED) is 0.634. The van der Waals surface area contributed by atoms with E-state index in [0.717, 1.165) is 5.69 Å². The predicted molar refractivity (Wildman–Crippen MR) is 77.3 cm³/mol. The van der Waals surface area contributed by atoms with E-state index in [-0.39, 0.29) is 17.4 Å². The van der Waals surface area contributed by atoms with Crippen molar-refractivity contribution < 1.29 is 18.3 Å². The molecule has 0 unspecified atom stereocenters. The van der Waals surface area contributed by atoms with E-state index in [1.54, 1.807) is 26.0 Å². The van der Waals surface area contributed by atoms with Crippen molar-refractivity contribution in [3.63, 3.8) is 0 Å². The third kappa shape index (κ3) is 5.58. The molecular formula is C13H20N2O4S. The van der Waals surface area contributed by atoms with Gasteiger partial charge in [0, 0.05) is 24.7 Å². The maximum atomic E-state index is 11.9. The minimum Gasteiger partial charge on any atom is -0.481 e. The van der Waals surface area contributed by atoms with Crippen LogP contribution >= 0.6 is 0 Å². The van der Waals surface area contributed by atoms with Crippen LogP contribution in [0.15, 0.2) is 29.2 Å². The van der Waals surface area contributed by atoms with Crippen LogP contribution in [0.2, 0.25) is 0 Å². The molecule has 0 fully saturated rings. The van der Waals surface area contributed by atoms with E-state index in [9.17, 15) is 13.2 Å². The highest BCUT2D eigenvalue weighted by molar-refractivity contribution is 7.89. The number of carbonyl (C=O) groups is 1. The van der Waals surface area contributed by atoms with Crippen LogP contribution in [0.3, 0.4) is 0 Å². The first-order valence-corrected chi connectivity index (χ1v) is 7.87. The van der Waals surface area contributed by atoms with Gasteiger partial charge in [-0.05, 0) is 44.5 Å². The fraction of sp³-hybridized carbons (Fsp3) is 0.462. The van der Waals surface area contributed by atoms with Gasteiger partial charge in [0.15, 0.2) is 0 Å². The number of sulfonamides is 1. The van der Waals surface area contributed by atoms with Crippen molar-refractivity contribution in [2.75, 3.05) is 11.9 Å². The molecule has 0 heterocycles. The lowest BCUT2D eigenvalue weighted by molar-refractivity contribution is -0.137. The van der Waals surface area contributed by atoms with Crippen LogP contribution in [-0.2, 0) is 14.8 Å². The normalized spacial score (nSPS) is 11.6. The maximum Gasteiger partial charge on any atom is 0.303 e. The van der Waals surface area contributed by atoms with Crippen LogP contribution in [-0.4, -0.2) is 32.1 Å². The standard InChI is InChI=1S/C13H20N2O4S/c1-10(2)15-20(18,19)12-7-5-11(6-8-12)14-9-3-4-13(16)17/h5-8,10,14-15H,3-4,9H2,1-2H3,(H,16,17). The van der Waals surface area contributed by atoms with Crippen molar-refractivity contribution in [2.45, 2.75) is 37.6 Å². The number of aliphatic carboxylic acids is 1. The molecule has 0 aliphatic heterocycles. The molecule has 0 aliphatic rings. The molecule has 0 amide bonds. The zero-order chi connectivity index (χ0) is 15.2. The summed E-state index contributed by atoms with van der Waals surface area (Å²) in [7, 11) is -3.47. The monoisotopic (exact) mass is 300 g/mol. The van der Waals surface area contributed by atoms with Gasteiger partial charge in [0.2, 0.25) is 10.0 Å². The van der Waals surface area contributed by atoms with E-state index in [4.69, 9.17) is 5.11 Å². The fourth-order valence-electron chi connectivity index (χ4n) is 1.60. The van der Waals surface area contributed by atoms with Crippen LogP contribution in [0, 0.1) is 0 Å². The van der Waals surface area contributed by atoms with Crippen molar-refractivity contribution in [1.82, 2.24) is 4.72 Å². The van der Waals surface area contributed by atoms with E-state index in [0.29, 0.717) is 13.0 Å². The van der Waals surface area contributed by atoms with Gasteiger partial charge in [0.1, 0.15) is 0 Å². The minimum absolute atomic E-state index is 0.109.